The molecule has 120 valence electrons. The standard InChI is InChI=1S/C17H13BrN4O2/c1-21-10-7-9(13-8(17(21)24)3-2-4-11(13)23)14-15(10)20-22-6-5-12(18)19-16(14)22/h2-6,9-10,23H,7H2,1H3/t9-,10-/m1/s1/i1D3. The summed E-state index contributed by atoms with van der Waals surface area (Å²) in [7, 11) is 0. The van der Waals surface area contributed by atoms with E-state index in [4.69, 9.17) is 4.11 Å². The van der Waals surface area contributed by atoms with Gasteiger partial charge in [0, 0.05) is 39.9 Å². The molecule has 1 amide bonds. The molecule has 3 aromatic rings. The number of halogens is 1. The number of phenolic OH excluding ortho intramolecular Hbond substituents is 1. The number of phenols is 1. The minimum Gasteiger partial charge on any atom is -0.508 e. The molecule has 2 aliphatic rings. The van der Waals surface area contributed by atoms with E-state index in [1.54, 1.807) is 28.9 Å². The molecule has 5 rings (SSSR count). The lowest BCUT2D eigenvalue weighted by atomic mass is 9.89. The molecule has 3 heterocycles. The van der Waals surface area contributed by atoms with Gasteiger partial charge in [-0.15, -0.1) is 0 Å². The average Bonchev–Trinajstić information content (AvgIpc) is 3.07. The van der Waals surface area contributed by atoms with Gasteiger partial charge in [0.15, 0.2) is 5.65 Å². The monoisotopic (exact) mass is 387 g/mol. The summed E-state index contributed by atoms with van der Waals surface area (Å²) in [6.07, 6.45) is 2.07. The van der Waals surface area contributed by atoms with Gasteiger partial charge in [-0.25, -0.2) is 9.50 Å². The van der Waals surface area contributed by atoms with Crippen molar-refractivity contribution in [2.24, 2.45) is 0 Å². The van der Waals surface area contributed by atoms with E-state index >= 15 is 0 Å². The molecule has 1 aromatic carbocycles. The molecule has 1 N–H and O–H groups in total. The second-order valence-corrected chi connectivity index (χ2v) is 6.85. The summed E-state index contributed by atoms with van der Waals surface area (Å²) in [6, 6.07) is 5.65. The van der Waals surface area contributed by atoms with Crippen LogP contribution >= 0.6 is 15.9 Å². The molecular weight excluding hydrogens is 372 g/mol. The van der Waals surface area contributed by atoms with Crippen LogP contribution in [-0.2, 0) is 0 Å². The second kappa shape index (κ2) is 4.57. The van der Waals surface area contributed by atoms with Crippen LogP contribution in [0.3, 0.4) is 0 Å². The van der Waals surface area contributed by atoms with E-state index in [0.29, 0.717) is 27.9 Å². The van der Waals surface area contributed by atoms with Crippen molar-refractivity contribution in [1.29, 1.82) is 0 Å². The maximum absolute atomic E-state index is 13.1. The Hall–Kier alpha value is -2.41. The Balaban J connectivity index is 1.88. The molecule has 0 saturated carbocycles. The van der Waals surface area contributed by atoms with Crippen LogP contribution in [0.5, 0.6) is 5.75 Å². The van der Waals surface area contributed by atoms with Gasteiger partial charge < -0.3 is 10.0 Å². The first-order valence-electron chi connectivity index (χ1n) is 8.97. The first-order chi connectivity index (χ1) is 12.8. The highest BCUT2D eigenvalue weighted by Gasteiger charge is 2.45. The van der Waals surface area contributed by atoms with Crippen LogP contribution in [0.25, 0.3) is 5.65 Å². The number of amides is 1. The zero-order valence-corrected chi connectivity index (χ0v) is 13.9. The number of aromatic hydroxyl groups is 1. The van der Waals surface area contributed by atoms with E-state index in [0.717, 1.165) is 10.5 Å². The summed E-state index contributed by atoms with van der Waals surface area (Å²) in [4.78, 5) is 18.5. The van der Waals surface area contributed by atoms with E-state index in [9.17, 15) is 9.90 Å². The van der Waals surface area contributed by atoms with Crippen molar-refractivity contribution < 1.29 is 14.0 Å². The highest BCUT2D eigenvalue weighted by Crippen LogP contribution is 2.52. The number of carbonyl (C=O) groups is 1. The van der Waals surface area contributed by atoms with E-state index in [2.05, 4.69) is 26.0 Å². The number of nitrogens with zero attached hydrogens (tertiary/aromatic N) is 4. The summed E-state index contributed by atoms with van der Waals surface area (Å²) < 4.78 is 26.0. The fraction of sp³-hybridized carbons (Fsp3) is 0.235. The fourth-order valence-corrected chi connectivity index (χ4v) is 4.13. The van der Waals surface area contributed by atoms with Gasteiger partial charge in [-0.1, -0.05) is 6.07 Å². The summed E-state index contributed by atoms with van der Waals surface area (Å²) in [5, 5.41) is 15.1. The van der Waals surface area contributed by atoms with Crippen LogP contribution in [0, 0.1) is 0 Å². The lowest BCUT2D eigenvalue weighted by molar-refractivity contribution is 0.0734. The quantitative estimate of drug-likeness (QED) is 0.602. The maximum Gasteiger partial charge on any atom is 0.254 e. The molecule has 7 heteroatoms. The molecule has 1 aliphatic carbocycles. The first-order valence-corrected chi connectivity index (χ1v) is 8.27. The lowest BCUT2D eigenvalue weighted by Crippen LogP contribution is -2.30. The summed E-state index contributed by atoms with van der Waals surface area (Å²) >= 11 is 3.36. The number of hydrogen-bond donors (Lipinski definition) is 1. The van der Waals surface area contributed by atoms with Crippen molar-refractivity contribution in [2.45, 2.75) is 18.4 Å². The van der Waals surface area contributed by atoms with Crippen LogP contribution in [0.2, 0.25) is 0 Å². The Morgan fingerprint density at radius 2 is 2.25 bits per heavy atom. The molecular formula is C17H13BrN4O2. The van der Waals surface area contributed by atoms with Crippen molar-refractivity contribution in [2.75, 3.05) is 6.98 Å². The van der Waals surface area contributed by atoms with Crippen molar-refractivity contribution in [3.8, 4) is 5.75 Å². The third-order valence-electron chi connectivity index (χ3n) is 4.83. The molecule has 2 bridgehead atoms. The molecule has 0 fully saturated rings. The SMILES string of the molecule is [2H]C([2H])([2H])N1C(=O)c2cccc(O)c2[C@H]2C[C@@H]1c1nn3ccc(Br)nc3c12. The summed E-state index contributed by atoms with van der Waals surface area (Å²) in [5.41, 5.74) is 2.50. The Labute approximate surface area is 150 Å². The smallest absolute Gasteiger partial charge is 0.254 e. The Bertz CT molecular complexity index is 1130. The Kier molecular flexibility index (Phi) is 2.13. The van der Waals surface area contributed by atoms with Crippen molar-refractivity contribution >= 4 is 27.5 Å². The van der Waals surface area contributed by atoms with Crippen LogP contribution in [0.1, 0.15) is 49.7 Å². The predicted octanol–water partition coefficient (Wildman–Crippen LogP) is 2.86. The highest BCUT2D eigenvalue weighted by molar-refractivity contribution is 9.10. The van der Waals surface area contributed by atoms with Gasteiger partial charge in [-0.05, 0) is 40.5 Å². The fourth-order valence-electron chi connectivity index (χ4n) is 3.84. The molecule has 0 saturated heterocycles. The number of aromatic nitrogens is 3. The van der Waals surface area contributed by atoms with Gasteiger partial charge in [0.2, 0.25) is 0 Å². The second-order valence-electron chi connectivity index (χ2n) is 6.03. The summed E-state index contributed by atoms with van der Waals surface area (Å²) in [6.45, 7) is -2.63. The van der Waals surface area contributed by atoms with Gasteiger partial charge in [-0.3, -0.25) is 4.79 Å². The summed E-state index contributed by atoms with van der Waals surface area (Å²) in [5.74, 6) is -1.01. The first kappa shape index (κ1) is 11.2. The van der Waals surface area contributed by atoms with Crippen molar-refractivity contribution in [3.63, 3.8) is 0 Å². The topological polar surface area (TPSA) is 70.7 Å². The van der Waals surface area contributed by atoms with Crippen molar-refractivity contribution in [3.05, 3.63) is 57.4 Å². The number of fused-ring (bicyclic) bond motifs is 9. The molecule has 1 aliphatic heterocycles. The van der Waals surface area contributed by atoms with Crippen LogP contribution in [0.4, 0.5) is 0 Å². The lowest BCUT2D eigenvalue weighted by Gasteiger charge is -2.23. The number of benzene rings is 1. The number of hydrogen-bond acceptors (Lipinski definition) is 4. The highest BCUT2D eigenvalue weighted by atomic mass is 79.9. The van der Waals surface area contributed by atoms with E-state index in [1.807, 2.05) is 0 Å². The third kappa shape index (κ3) is 1.62. The zero-order chi connectivity index (χ0) is 19.1. The molecule has 6 nitrogen and oxygen atoms in total. The van der Waals surface area contributed by atoms with E-state index < -0.39 is 18.9 Å². The van der Waals surface area contributed by atoms with Crippen LogP contribution in [0.15, 0.2) is 35.1 Å². The molecule has 0 unspecified atom stereocenters. The molecule has 2 aromatic heterocycles. The van der Waals surface area contributed by atoms with Gasteiger partial charge >= 0.3 is 0 Å². The predicted molar refractivity (Wildman–Crippen MR) is 90.1 cm³/mol. The molecule has 0 spiro atoms. The van der Waals surface area contributed by atoms with Gasteiger partial charge in [0.05, 0.1) is 11.7 Å². The molecule has 24 heavy (non-hydrogen) atoms. The minimum atomic E-state index is -2.63. The van der Waals surface area contributed by atoms with Crippen molar-refractivity contribution in [1.82, 2.24) is 19.5 Å². The average molecular weight is 388 g/mol. The normalized spacial score (nSPS) is 24.1. The Morgan fingerprint density at radius 3 is 3.08 bits per heavy atom. The van der Waals surface area contributed by atoms with E-state index in [1.165, 1.54) is 6.07 Å². The third-order valence-corrected chi connectivity index (χ3v) is 5.27. The van der Waals surface area contributed by atoms with Crippen LogP contribution in [-0.4, -0.2) is 37.5 Å². The van der Waals surface area contributed by atoms with E-state index in [-0.39, 0.29) is 17.2 Å². The number of rotatable bonds is 0. The maximum atomic E-state index is 13.1. The van der Waals surface area contributed by atoms with Gasteiger partial charge in [0.1, 0.15) is 10.4 Å². The van der Waals surface area contributed by atoms with Crippen LogP contribution < -0.4 is 0 Å². The van der Waals surface area contributed by atoms with Gasteiger partial charge in [-0.2, -0.15) is 5.10 Å². The Morgan fingerprint density at radius 1 is 1.38 bits per heavy atom. The zero-order valence-electron chi connectivity index (χ0n) is 15.3. The molecule has 0 radical (unpaired) electrons. The van der Waals surface area contributed by atoms with Gasteiger partial charge in [0.25, 0.3) is 5.91 Å². The number of carbonyl (C=O) groups excluding carboxylic acids is 1. The minimum absolute atomic E-state index is 0.0285. The molecule has 2 atom stereocenters. The largest absolute Gasteiger partial charge is 0.508 e.